The van der Waals surface area contributed by atoms with Crippen LogP contribution in [0.4, 0.5) is 0 Å². The molecule has 1 aliphatic heterocycles. The Morgan fingerprint density at radius 2 is 1.40 bits per heavy atom. The molecule has 0 spiro atoms. The fourth-order valence-electron chi connectivity index (χ4n) is 3.49. The molecule has 0 fully saturated rings. The molecule has 1 rings (SSSR count). The van der Waals surface area contributed by atoms with E-state index in [1.54, 1.807) is 6.26 Å². The van der Waals surface area contributed by atoms with E-state index in [1.807, 2.05) is 6.08 Å². The van der Waals surface area contributed by atoms with Crippen LogP contribution in [0.5, 0.6) is 0 Å². The Labute approximate surface area is 154 Å². The molecule has 1 N–H and O–H groups in total. The number of unbranched alkanes of at least 4 members (excludes halogenated alkanes) is 10. The summed E-state index contributed by atoms with van der Waals surface area (Å²) in [6.45, 7) is 4.46. The van der Waals surface area contributed by atoms with E-state index in [1.165, 1.54) is 69.8 Å². The summed E-state index contributed by atoms with van der Waals surface area (Å²) in [6.07, 6.45) is 19.6. The van der Waals surface area contributed by atoms with Crippen molar-refractivity contribution in [1.29, 1.82) is 0 Å². The topological polar surface area (TPSA) is 46.5 Å². The molecular formula is C22H38O3. The lowest BCUT2D eigenvalue weighted by atomic mass is 9.91. The summed E-state index contributed by atoms with van der Waals surface area (Å²) in [4.78, 5) is 11.5. The zero-order valence-electron chi connectivity index (χ0n) is 16.4. The predicted octanol–water partition coefficient (Wildman–Crippen LogP) is 6.78. The Hall–Kier alpha value is -1.25. The fraction of sp³-hybridized carbons (Fsp3) is 0.773. The molecule has 0 amide bonds. The van der Waals surface area contributed by atoms with Gasteiger partial charge in [0, 0.05) is 0 Å². The van der Waals surface area contributed by atoms with Crippen molar-refractivity contribution in [3.63, 3.8) is 0 Å². The van der Waals surface area contributed by atoms with Crippen molar-refractivity contribution in [2.24, 2.45) is 0 Å². The lowest BCUT2D eigenvalue weighted by molar-refractivity contribution is -0.145. The Balaban J connectivity index is 2.49. The van der Waals surface area contributed by atoms with Crippen molar-refractivity contribution in [3.8, 4) is 0 Å². The van der Waals surface area contributed by atoms with Gasteiger partial charge in [0.25, 0.3) is 0 Å². The summed E-state index contributed by atoms with van der Waals surface area (Å²) in [5, 5.41) is 9.47. The van der Waals surface area contributed by atoms with Crippen molar-refractivity contribution in [2.75, 3.05) is 0 Å². The maximum atomic E-state index is 11.5. The fourth-order valence-corrected chi connectivity index (χ4v) is 3.49. The van der Waals surface area contributed by atoms with Crippen molar-refractivity contribution in [3.05, 3.63) is 23.5 Å². The minimum Gasteiger partial charge on any atom is -0.482 e. The summed E-state index contributed by atoms with van der Waals surface area (Å²) in [5.41, 5.74) is 2.22. The number of rotatable bonds is 15. The van der Waals surface area contributed by atoms with Crippen molar-refractivity contribution in [2.45, 2.75) is 110 Å². The highest BCUT2D eigenvalue weighted by molar-refractivity contribution is 5.77. The third kappa shape index (κ3) is 9.13. The molecule has 0 aromatic carbocycles. The van der Waals surface area contributed by atoms with Gasteiger partial charge in [-0.05, 0) is 42.9 Å². The van der Waals surface area contributed by atoms with Crippen LogP contribution < -0.4 is 0 Å². The van der Waals surface area contributed by atoms with Crippen LogP contribution in [0.1, 0.15) is 104 Å². The maximum absolute atomic E-state index is 11.5. The van der Waals surface area contributed by atoms with Crippen molar-refractivity contribution < 1.29 is 14.6 Å². The van der Waals surface area contributed by atoms with Gasteiger partial charge >= 0.3 is 5.97 Å². The minimum absolute atomic E-state index is 0.768. The van der Waals surface area contributed by atoms with Crippen LogP contribution in [-0.2, 0) is 9.53 Å². The van der Waals surface area contributed by atoms with Gasteiger partial charge in [0.2, 0.25) is 6.10 Å². The number of carbonyl (C=O) groups is 1. The highest BCUT2D eigenvalue weighted by atomic mass is 16.5. The molecule has 1 atom stereocenters. The van der Waals surface area contributed by atoms with Crippen LogP contribution in [0.15, 0.2) is 23.5 Å². The number of aliphatic carboxylic acids is 1. The lowest BCUT2D eigenvalue weighted by Crippen LogP contribution is -2.27. The van der Waals surface area contributed by atoms with Gasteiger partial charge < -0.3 is 9.84 Å². The number of ether oxygens (including phenoxy) is 1. The normalized spacial score (nSPS) is 17.0. The van der Waals surface area contributed by atoms with Crippen LogP contribution in [0.3, 0.4) is 0 Å². The van der Waals surface area contributed by atoms with Crippen LogP contribution in [0.25, 0.3) is 0 Å². The molecule has 1 unspecified atom stereocenters. The average molecular weight is 351 g/mol. The molecule has 0 aromatic heterocycles. The molecule has 0 bridgehead atoms. The van der Waals surface area contributed by atoms with Crippen LogP contribution in [0.2, 0.25) is 0 Å². The molecule has 3 nitrogen and oxygen atoms in total. The molecule has 144 valence electrons. The second-order valence-corrected chi connectivity index (χ2v) is 7.24. The van der Waals surface area contributed by atoms with Crippen molar-refractivity contribution >= 4 is 5.97 Å². The van der Waals surface area contributed by atoms with Gasteiger partial charge in [-0.1, -0.05) is 78.1 Å². The van der Waals surface area contributed by atoms with E-state index in [0.717, 1.165) is 31.3 Å². The van der Waals surface area contributed by atoms with E-state index in [2.05, 4.69) is 13.8 Å². The van der Waals surface area contributed by atoms with E-state index in [0.29, 0.717) is 0 Å². The zero-order valence-corrected chi connectivity index (χ0v) is 16.4. The van der Waals surface area contributed by atoms with Crippen LogP contribution in [-0.4, -0.2) is 17.2 Å². The van der Waals surface area contributed by atoms with Gasteiger partial charge in [-0.15, -0.1) is 0 Å². The average Bonchev–Trinajstić information content (AvgIpc) is 2.61. The number of hydrogen-bond acceptors (Lipinski definition) is 2. The predicted molar refractivity (Wildman–Crippen MR) is 105 cm³/mol. The first kappa shape index (κ1) is 21.8. The summed E-state index contributed by atoms with van der Waals surface area (Å²) in [5.74, 6) is -0.856. The first-order valence-electron chi connectivity index (χ1n) is 10.5. The van der Waals surface area contributed by atoms with Gasteiger partial charge in [-0.2, -0.15) is 0 Å². The van der Waals surface area contributed by atoms with Gasteiger partial charge in [0.05, 0.1) is 6.26 Å². The van der Waals surface area contributed by atoms with E-state index >= 15 is 0 Å². The van der Waals surface area contributed by atoms with Gasteiger partial charge in [0.1, 0.15) is 0 Å². The number of allylic oxidation sites excluding steroid dienone is 2. The van der Waals surface area contributed by atoms with E-state index in [4.69, 9.17) is 4.74 Å². The monoisotopic (exact) mass is 350 g/mol. The Morgan fingerprint density at radius 3 is 1.96 bits per heavy atom. The van der Waals surface area contributed by atoms with E-state index in [9.17, 15) is 9.90 Å². The largest absolute Gasteiger partial charge is 0.482 e. The Morgan fingerprint density at radius 1 is 0.880 bits per heavy atom. The second kappa shape index (κ2) is 14.0. The molecule has 25 heavy (non-hydrogen) atoms. The molecule has 1 heterocycles. The number of carboxylic acid groups (broad SMARTS) is 1. The summed E-state index contributed by atoms with van der Waals surface area (Å²) >= 11 is 0. The number of hydrogen-bond donors (Lipinski definition) is 1. The van der Waals surface area contributed by atoms with Gasteiger partial charge in [-0.3, -0.25) is 0 Å². The van der Waals surface area contributed by atoms with Crippen LogP contribution >= 0.6 is 0 Å². The second-order valence-electron chi connectivity index (χ2n) is 7.24. The Bertz CT molecular complexity index is 423. The van der Waals surface area contributed by atoms with E-state index in [-0.39, 0.29) is 0 Å². The van der Waals surface area contributed by atoms with Gasteiger partial charge in [0.15, 0.2) is 0 Å². The molecule has 1 aliphatic rings. The zero-order chi connectivity index (χ0) is 18.3. The molecule has 0 aliphatic carbocycles. The maximum Gasteiger partial charge on any atom is 0.349 e. The highest BCUT2D eigenvalue weighted by Gasteiger charge is 2.27. The summed E-state index contributed by atoms with van der Waals surface area (Å²) < 4.78 is 5.40. The van der Waals surface area contributed by atoms with Gasteiger partial charge in [-0.25, -0.2) is 4.79 Å². The molecular weight excluding hydrogens is 312 g/mol. The standard InChI is InChI=1S/C22H38O3/c1-3-5-7-9-11-13-15-19-17-18-25-21(22(23)24)20(19)16-14-12-10-8-6-4-2/h17-18,21H,3-16H2,1-2H3,(H,23,24). The van der Waals surface area contributed by atoms with Crippen molar-refractivity contribution in [1.82, 2.24) is 0 Å². The lowest BCUT2D eigenvalue weighted by Gasteiger charge is -2.23. The summed E-state index contributed by atoms with van der Waals surface area (Å²) in [6, 6.07) is 0. The van der Waals surface area contributed by atoms with E-state index < -0.39 is 12.1 Å². The minimum atomic E-state index is -0.856. The SMILES string of the molecule is CCCCCCCCC1=C(CCCCCCCC)C(C(=O)O)OC=C1. The Kier molecular flexibility index (Phi) is 12.2. The highest BCUT2D eigenvalue weighted by Crippen LogP contribution is 2.28. The smallest absolute Gasteiger partial charge is 0.349 e. The number of carboxylic acids is 1. The quantitative estimate of drug-likeness (QED) is 0.331. The first-order chi connectivity index (χ1) is 12.2. The summed E-state index contributed by atoms with van der Waals surface area (Å²) in [7, 11) is 0. The third-order valence-corrected chi connectivity index (χ3v) is 5.04. The molecule has 0 saturated heterocycles. The van der Waals surface area contributed by atoms with Crippen LogP contribution in [0, 0.1) is 0 Å². The molecule has 0 radical (unpaired) electrons. The first-order valence-corrected chi connectivity index (χ1v) is 10.5. The molecule has 3 heteroatoms. The molecule has 0 saturated carbocycles. The molecule has 0 aromatic rings. The third-order valence-electron chi connectivity index (χ3n) is 5.04.